The quantitative estimate of drug-likeness (QED) is 0.0909. The molecular formula is C42H50O12. The molecule has 290 valence electrons. The number of hydrogen-bond acceptors (Lipinski definition) is 11. The zero-order valence-electron chi connectivity index (χ0n) is 31.1. The summed E-state index contributed by atoms with van der Waals surface area (Å²) in [4.78, 5) is 32.9. The monoisotopic (exact) mass is 746 g/mol. The SMILES string of the molecule is CCOC(=O)c1cccc(O)c1.CCOC(=O)c1cccc(OCc2ccccc2)c1.CO.CO.COCc1ccccc1.O=C(O)c1cccc(O)c1. The van der Waals surface area contributed by atoms with E-state index in [9.17, 15) is 14.4 Å². The Kier molecular flexibility index (Phi) is 26.9. The molecule has 0 saturated heterocycles. The van der Waals surface area contributed by atoms with E-state index in [0.29, 0.717) is 43.3 Å². The van der Waals surface area contributed by atoms with Crippen LogP contribution in [0.2, 0.25) is 0 Å². The number of aliphatic hydroxyl groups excluding tert-OH is 2. The topological polar surface area (TPSA) is 189 Å². The number of phenolic OH excluding ortho intramolecular Hbond substituents is 2. The summed E-state index contributed by atoms with van der Waals surface area (Å²) in [5.74, 6) is -1.06. The Morgan fingerprint density at radius 3 is 1.33 bits per heavy atom. The van der Waals surface area contributed by atoms with E-state index in [1.54, 1.807) is 51.3 Å². The first-order valence-corrected chi connectivity index (χ1v) is 16.5. The third-order valence-corrected chi connectivity index (χ3v) is 6.20. The van der Waals surface area contributed by atoms with Gasteiger partial charge < -0.3 is 44.5 Å². The average molecular weight is 747 g/mol. The maximum absolute atomic E-state index is 11.6. The van der Waals surface area contributed by atoms with Crippen LogP contribution in [0.25, 0.3) is 0 Å². The molecule has 5 aromatic rings. The molecule has 5 aromatic carbocycles. The number of methoxy groups -OCH3 is 1. The van der Waals surface area contributed by atoms with Gasteiger partial charge >= 0.3 is 17.9 Å². The number of aromatic carboxylic acids is 1. The smallest absolute Gasteiger partial charge is 0.338 e. The summed E-state index contributed by atoms with van der Waals surface area (Å²) in [5, 5.41) is 40.2. The summed E-state index contributed by atoms with van der Waals surface area (Å²) in [6.45, 7) is 5.42. The van der Waals surface area contributed by atoms with Gasteiger partial charge in [-0.2, -0.15) is 0 Å². The van der Waals surface area contributed by atoms with Crippen LogP contribution in [-0.2, 0) is 27.4 Å². The van der Waals surface area contributed by atoms with Gasteiger partial charge in [0.2, 0.25) is 0 Å². The van der Waals surface area contributed by atoms with Gasteiger partial charge in [-0.1, -0.05) is 78.9 Å². The average Bonchev–Trinajstić information content (AvgIpc) is 3.21. The van der Waals surface area contributed by atoms with E-state index < -0.39 is 11.9 Å². The highest BCUT2D eigenvalue weighted by atomic mass is 16.5. The van der Waals surface area contributed by atoms with E-state index in [2.05, 4.69) is 0 Å². The molecule has 12 nitrogen and oxygen atoms in total. The lowest BCUT2D eigenvalue weighted by Gasteiger charge is -2.08. The standard InChI is InChI=1S/C16H16O3.C9H10O3.C8H10O.C7H6O3.2CH4O/c1-2-18-16(17)14-9-6-10-15(11-14)19-12-13-7-4-3-5-8-13;1-2-12-9(11)7-4-3-5-8(10)6-7;1-9-7-8-5-3-2-4-6-8;8-6-3-1-2-5(4-6)7(9)10;2*1-2/h3-11H,2,12H2,1H3;3-6,10H,2H2,1H3;2-6H,7H2,1H3;1-4,8H,(H,9,10);2*2H,1H3. The lowest BCUT2D eigenvalue weighted by Crippen LogP contribution is -2.05. The number of benzene rings is 5. The number of carboxylic acids is 1. The second-order valence-corrected chi connectivity index (χ2v) is 10.1. The summed E-state index contributed by atoms with van der Waals surface area (Å²) >= 11 is 0. The lowest BCUT2D eigenvalue weighted by molar-refractivity contribution is 0.0516. The van der Waals surface area contributed by atoms with Crippen LogP contribution in [-0.4, -0.2) is 78.0 Å². The minimum Gasteiger partial charge on any atom is -0.508 e. The molecular weight excluding hydrogens is 696 g/mol. The van der Waals surface area contributed by atoms with Crippen molar-refractivity contribution in [3.8, 4) is 17.2 Å². The van der Waals surface area contributed by atoms with Crippen molar-refractivity contribution in [3.63, 3.8) is 0 Å². The fourth-order valence-corrected chi connectivity index (χ4v) is 3.90. The zero-order valence-corrected chi connectivity index (χ0v) is 31.1. The number of carbonyl (C=O) groups excluding carboxylic acids is 2. The molecule has 0 heterocycles. The van der Waals surface area contributed by atoms with E-state index in [1.807, 2.05) is 66.7 Å². The van der Waals surface area contributed by atoms with Crippen LogP contribution < -0.4 is 4.74 Å². The minimum atomic E-state index is -1.03. The van der Waals surface area contributed by atoms with Gasteiger partial charge in [-0.3, -0.25) is 0 Å². The van der Waals surface area contributed by atoms with Gasteiger partial charge in [0, 0.05) is 21.3 Å². The lowest BCUT2D eigenvalue weighted by atomic mass is 10.2. The van der Waals surface area contributed by atoms with Gasteiger partial charge in [0.1, 0.15) is 23.9 Å². The van der Waals surface area contributed by atoms with Crippen molar-refractivity contribution in [2.24, 2.45) is 0 Å². The molecule has 5 N–H and O–H groups in total. The summed E-state index contributed by atoms with van der Waals surface area (Å²) in [7, 11) is 3.70. The minimum absolute atomic E-state index is 0.0279. The number of phenols is 2. The van der Waals surface area contributed by atoms with Crippen molar-refractivity contribution in [2.75, 3.05) is 34.5 Å². The molecule has 0 spiro atoms. The number of aromatic hydroxyl groups is 2. The molecule has 0 saturated carbocycles. The van der Waals surface area contributed by atoms with Crippen LogP contribution in [0, 0.1) is 0 Å². The van der Waals surface area contributed by atoms with Crippen molar-refractivity contribution < 1.29 is 58.9 Å². The Balaban J connectivity index is 0.000000701. The van der Waals surface area contributed by atoms with Crippen molar-refractivity contribution in [1.29, 1.82) is 0 Å². The van der Waals surface area contributed by atoms with E-state index in [-0.39, 0.29) is 23.0 Å². The summed E-state index contributed by atoms with van der Waals surface area (Å²) in [5.41, 5.74) is 3.29. The number of rotatable bonds is 10. The fourth-order valence-electron chi connectivity index (χ4n) is 3.90. The molecule has 0 fully saturated rings. The molecule has 0 aliphatic heterocycles. The van der Waals surface area contributed by atoms with Gasteiger partial charge in [0.15, 0.2) is 0 Å². The number of carboxylic acid groups (broad SMARTS) is 1. The first-order valence-electron chi connectivity index (χ1n) is 16.5. The number of aliphatic hydroxyl groups is 2. The van der Waals surface area contributed by atoms with Gasteiger partial charge in [0.25, 0.3) is 0 Å². The Morgan fingerprint density at radius 1 is 0.519 bits per heavy atom. The van der Waals surface area contributed by atoms with Gasteiger partial charge in [-0.25, -0.2) is 14.4 Å². The number of carbonyl (C=O) groups is 3. The highest BCUT2D eigenvalue weighted by molar-refractivity contribution is 5.90. The predicted molar refractivity (Wildman–Crippen MR) is 206 cm³/mol. The van der Waals surface area contributed by atoms with Gasteiger partial charge in [-0.05, 0) is 79.6 Å². The first kappa shape index (κ1) is 47.8. The van der Waals surface area contributed by atoms with E-state index >= 15 is 0 Å². The van der Waals surface area contributed by atoms with Gasteiger partial charge in [0.05, 0.1) is 36.5 Å². The van der Waals surface area contributed by atoms with Crippen LogP contribution >= 0.6 is 0 Å². The fraction of sp³-hybridized carbons (Fsp3) is 0.214. The normalized spacial score (nSPS) is 9.09. The van der Waals surface area contributed by atoms with Crippen molar-refractivity contribution in [2.45, 2.75) is 27.1 Å². The summed E-state index contributed by atoms with van der Waals surface area (Å²) < 4.78 is 20.3. The molecule has 0 aliphatic carbocycles. The second-order valence-electron chi connectivity index (χ2n) is 10.1. The van der Waals surface area contributed by atoms with E-state index in [1.165, 1.54) is 42.0 Å². The maximum atomic E-state index is 11.6. The van der Waals surface area contributed by atoms with Crippen LogP contribution in [0.4, 0.5) is 0 Å². The van der Waals surface area contributed by atoms with Crippen LogP contribution in [0.15, 0.2) is 133 Å². The van der Waals surface area contributed by atoms with Crippen molar-refractivity contribution >= 4 is 17.9 Å². The Hall–Kier alpha value is -6.21. The Bertz CT molecular complexity index is 1730. The van der Waals surface area contributed by atoms with Crippen LogP contribution in [0.5, 0.6) is 17.2 Å². The highest BCUT2D eigenvalue weighted by Gasteiger charge is 2.07. The van der Waals surface area contributed by atoms with Crippen molar-refractivity contribution in [3.05, 3.63) is 161 Å². The Labute approximate surface area is 316 Å². The van der Waals surface area contributed by atoms with E-state index in [0.717, 1.165) is 19.8 Å². The maximum Gasteiger partial charge on any atom is 0.338 e. The molecule has 0 unspecified atom stereocenters. The number of ether oxygens (including phenoxy) is 4. The van der Waals surface area contributed by atoms with Crippen LogP contribution in [0.3, 0.4) is 0 Å². The molecule has 12 heteroatoms. The molecule has 0 atom stereocenters. The predicted octanol–water partition coefficient (Wildman–Crippen LogP) is 7.15. The summed E-state index contributed by atoms with van der Waals surface area (Å²) in [6.07, 6.45) is 0. The summed E-state index contributed by atoms with van der Waals surface area (Å²) in [6, 6.07) is 38.6. The molecule has 0 amide bonds. The first-order chi connectivity index (χ1) is 26.2. The van der Waals surface area contributed by atoms with E-state index in [4.69, 9.17) is 44.5 Å². The molecule has 0 radical (unpaired) electrons. The number of esters is 2. The molecule has 0 aliphatic rings. The third-order valence-electron chi connectivity index (χ3n) is 6.20. The Morgan fingerprint density at radius 2 is 0.926 bits per heavy atom. The molecule has 54 heavy (non-hydrogen) atoms. The van der Waals surface area contributed by atoms with Gasteiger partial charge in [-0.15, -0.1) is 0 Å². The highest BCUT2D eigenvalue weighted by Crippen LogP contribution is 2.16. The largest absolute Gasteiger partial charge is 0.508 e. The third kappa shape index (κ3) is 21.2. The van der Waals surface area contributed by atoms with Crippen LogP contribution in [0.1, 0.15) is 56.0 Å². The second kappa shape index (κ2) is 30.4. The van der Waals surface area contributed by atoms with Crippen molar-refractivity contribution in [1.82, 2.24) is 0 Å². The molecule has 0 aromatic heterocycles. The molecule has 5 rings (SSSR count). The molecule has 0 bridgehead atoms. The zero-order chi connectivity index (χ0) is 40.6. The number of hydrogen-bond donors (Lipinski definition) is 5.